The van der Waals surface area contributed by atoms with E-state index >= 15 is 0 Å². The third-order valence-corrected chi connectivity index (χ3v) is 6.64. The van der Waals surface area contributed by atoms with Crippen molar-refractivity contribution in [1.82, 2.24) is 0 Å². The van der Waals surface area contributed by atoms with Gasteiger partial charge < -0.3 is 14.2 Å². The van der Waals surface area contributed by atoms with Crippen molar-refractivity contribution in [1.29, 1.82) is 0 Å². The van der Waals surface area contributed by atoms with Crippen molar-refractivity contribution in [3.63, 3.8) is 0 Å². The van der Waals surface area contributed by atoms with Crippen LogP contribution in [0.3, 0.4) is 0 Å². The molecule has 0 aliphatic rings. The standard InChI is InChI=1S/C36H44O4/c1-3-5-7-9-11-13-29-38-33-22-16-30(17-23-33)14-15-31-18-24-35(25-19-31)40-36(37)32-20-26-34(27-21-32)39-28-12-10-8-6-4-2/h16-27H,3-13,28-29H2,1-2H3. The number of carbonyl (C=O) groups is 1. The third kappa shape index (κ3) is 12.0. The first-order chi connectivity index (χ1) is 19.7. The van der Waals surface area contributed by atoms with Crippen LogP contribution in [0.15, 0.2) is 72.8 Å². The normalized spacial score (nSPS) is 10.4. The van der Waals surface area contributed by atoms with Crippen molar-refractivity contribution in [2.45, 2.75) is 84.5 Å². The molecule has 0 unspecified atom stereocenters. The molecule has 0 amide bonds. The molecule has 0 aliphatic heterocycles. The summed E-state index contributed by atoms with van der Waals surface area (Å²) < 4.78 is 17.2. The summed E-state index contributed by atoms with van der Waals surface area (Å²) in [5, 5.41) is 0. The molecule has 212 valence electrons. The van der Waals surface area contributed by atoms with E-state index in [0.29, 0.717) is 17.9 Å². The van der Waals surface area contributed by atoms with E-state index in [1.807, 2.05) is 48.5 Å². The van der Waals surface area contributed by atoms with Gasteiger partial charge in [0.1, 0.15) is 17.2 Å². The van der Waals surface area contributed by atoms with Gasteiger partial charge in [-0.25, -0.2) is 4.79 Å². The maximum absolute atomic E-state index is 12.5. The number of hydrogen-bond acceptors (Lipinski definition) is 4. The van der Waals surface area contributed by atoms with E-state index < -0.39 is 5.97 Å². The van der Waals surface area contributed by atoms with Crippen LogP contribution in [-0.2, 0) is 0 Å². The Morgan fingerprint density at radius 1 is 0.525 bits per heavy atom. The number of hydrogen-bond donors (Lipinski definition) is 0. The zero-order valence-corrected chi connectivity index (χ0v) is 24.3. The lowest BCUT2D eigenvalue weighted by Gasteiger charge is -2.08. The highest BCUT2D eigenvalue weighted by Crippen LogP contribution is 2.18. The van der Waals surface area contributed by atoms with E-state index in [2.05, 4.69) is 25.7 Å². The number of carbonyl (C=O) groups excluding carboxylic acids is 1. The summed E-state index contributed by atoms with van der Waals surface area (Å²) in [5.41, 5.74) is 2.25. The first-order valence-corrected chi connectivity index (χ1v) is 15.0. The number of ether oxygens (including phenoxy) is 3. The number of benzene rings is 3. The molecule has 0 saturated carbocycles. The quantitative estimate of drug-likeness (QED) is 0.0740. The molecule has 40 heavy (non-hydrogen) atoms. The Kier molecular flexibility index (Phi) is 14.3. The third-order valence-electron chi connectivity index (χ3n) is 6.64. The smallest absolute Gasteiger partial charge is 0.343 e. The van der Waals surface area contributed by atoms with Crippen LogP contribution in [0.1, 0.15) is 106 Å². The van der Waals surface area contributed by atoms with Gasteiger partial charge in [0, 0.05) is 11.1 Å². The first-order valence-electron chi connectivity index (χ1n) is 15.0. The van der Waals surface area contributed by atoms with Crippen molar-refractivity contribution in [2.75, 3.05) is 13.2 Å². The van der Waals surface area contributed by atoms with Gasteiger partial charge in [-0.05, 0) is 85.6 Å². The monoisotopic (exact) mass is 540 g/mol. The highest BCUT2D eigenvalue weighted by atomic mass is 16.5. The Morgan fingerprint density at radius 2 is 0.925 bits per heavy atom. The van der Waals surface area contributed by atoms with Crippen LogP contribution in [0.5, 0.6) is 17.2 Å². The second kappa shape index (κ2) is 18.6. The second-order valence-corrected chi connectivity index (χ2v) is 10.1. The lowest BCUT2D eigenvalue weighted by Crippen LogP contribution is -2.08. The number of rotatable bonds is 17. The molecule has 4 nitrogen and oxygen atoms in total. The zero-order valence-electron chi connectivity index (χ0n) is 24.3. The largest absolute Gasteiger partial charge is 0.494 e. The molecule has 0 N–H and O–H groups in total. The van der Waals surface area contributed by atoms with Gasteiger partial charge in [-0.1, -0.05) is 83.5 Å². The average molecular weight is 541 g/mol. The average Bonchev–Trinajstić information content (AvgIpc) is 2.99. The van der Waals surface area contributed by atoms with Crippen LogP contribution < -0.4 is 14.2 Å². The van der Waals surface area contributed by atoms with E-state index in [1.54, 1.807) is 24.3 Å². The fraction of sp³-hybridized carbons (Fsp3) is 0.417. The van der Waals surface area contributed by atoms with Gasteiger partial charge in [0.15, 0.2) is 0 Å². The fourth-order valence-electron chi connectivity index (χ4n) is 4.21. The van der Waals surface area contributed by atoms with E-state index in [1.165, 1.54) is 57.8 Å². The minimum Gasteiger partial charge on any atom is -0.494 e. The summed E-state index contributed by atoms with van der Waals surface area (Å²) in [7, 11) is 0. The highest BCUT2D eigenvalue weighted by molar-refractivity contribution is 5.91. The lowest BCUT2D eigenvalue weighted by molar-refractivity contribution is 0.0734. The molecule has 0 bridgehead atoms. The summed E-state index contributed by atoms with van der Waals surface area (Å²) >= 11 is 0. The fourth-order valence-corrected chi connectivity index (χ4v) is 4.21. The van der Waals surface area contributed by atoms with E-state index in [4.69, 9.17) is 14.2 Å². The van der Waals surface area contributed by atoms with E-state index in [9.17, 15) is 4.79 Å². The Hall–Kier alpha value is -3.71. The summed E-state index contributed by atoms with van der Waals surface area (Å²) in [6.07, 6.45) is 13.5. The van der Waals surface area contributed by atoms with Crippen LogP contribution >= 0.6 is 0 Å². The SMILES string of the molecule is CCCCCCCCOc1ccc(C#Cc2ccc(OC(=O)c3ccc(OCCCCCCC)cc3)cc2)cc1. The minimum absolute atomic E-state index is 0.399. The Morgan fingerprint density at radius 3 is 1.40 bits per heavy atom. The minimum atomic E-state index is -0.399. The first kappa shape index (κ1) is 30.8. The van der Waals surface area contributed by atoms with Gasteiger partial charge in [-0.2, -0.15) is 0 Å². The van der Waals surface area contributed by atoms with Crippen LogP contribution in [0.4, 0.5) is 0 Å². The number of unbranched alkanes of at least 4 members (excludes halogenated alkanes) is 9. The van der Waals surface area contributed by atoms with Gasteiger partial charge >= 0.3 is 5.97 Å². The summed E-state index contributed by atoms with van der Waals surface area (Å²) in [5.74, 6) is 8.07. The van der Waals surface area contributed by atoms with Gasteiger partial charge in [-0.15, -0.1) is 0 Å². The van der Waals surface area contributed by atoms with Gasteiger partial charge in [-0.3, -0.25) is 0 Å². The highest BCUT2D eigenvalue weighted by Gasteiger charge is 2.09. The molecule has 0 spiro atoms. The zero-order chi connectivity index (χ0) is 28.3. The Labute approximate surface area is 241 Å². The summed E-state index contributed by atoms with van der Waals surface area (Å²) in [6, 6.07) is 22.2. The van der Waals surface area contributed by atoms with Crippen molar-refractivity contribution in [3.8, 4) is 29.1 Å². The van der Waals surface area contributed by atoms with Crippen molar-refractivity contribution < 1.29 is 19.0 Å². The van der Waals surface area contributed by atoms with Crippen molar-refractivity contribution >= 4 is 5.97 Å². The Bertz CT molecular complexity index is 1170. The summed E-state index contributed by atoms with van der Waals surface area (Å²) in [4.78, 5) is 12.5. The van der Waals surface area contributed by atoms with Crippen LogP contribution in [-0.4, -0.2) is 19.2 Å². The van der Waals surface area contributed by atoms with E-state index in [-0.39, 0.29) is 0 Å². The molecular weight excluding hydrogens is 496 g/mol. The summed E-state index contributed by atoms with van der Waals surface area (Å²) in [6.45, 7) is 5.90. The second-order valence-electron chi connectivity index (χ2n) is 10.1. The predicted octanol–water partition coefficient (Wildman–Crippen LogP) is 9.39. The van der Waals surface area contributed by atoms with Crippen LogP contribution in [0.2, 0.25) is 0 Å². The predicted molar refractivity (Wildman–Crippen MR) is 163 cm³/mol. The maximum Gasteiger partial charge on any atom is 0.343 e. The van der Waals surface area contributed by atoms with Gasteiger partial charge in [0.2, 0.25) is 0 Å². The molecule has 0 heterocycles. The van der Waals surface area contributed by atoms with Gasteiger partial charge in [0.25, 0.3) is 0 Å². The van der Waals surface area contributed by atoms with Crippen molar-refractivity contribution in [3.05, 3.63) is 89.5 Å². The molecule has 0 atom stereocenters. The van der Waals surface area contributed by atoms with Gasteiger partial charge in [0.05, 0.1) is 18.8 Å². The molecule has 3 aromatic rings. The maximum atomic E-state index is 12.5. The van der Waals surface area contributed by atoms with Crippen molar-refractivity contribution in [2.24, 2.45) is 0 Å². The molecule has 0 saturated heterocycles. The molecule has 3 aromatic carbocycles. The molecule has 0 aromatic heterocycles. The molecule has 0 radical (unpaired) electrons. The Balaban J connectivity index is 1.40. The molecule has 4 heteroatoms. The van der Waals surface area contributed by atoms with Crippen LogP contribution in [0.25, 0.3) is 0 Å². The molecule has 3 rings (SSSR count). The molecular formula is C36H44O4. The molecule has 0 aliphatic carbocycles. The lowest BCUT2D eigenvalue weighted by atomic mass is 10.1. The number of esters is 1. The van der Waals surface area contributed by atoms with E-state index in [0.717, 1.165) is 42.1 Å². The molecule has 0 fully saturated rings. The van der Waals surface area contributed by atoms with Crippen LogP contribution in [0, 0.1) is 11.8 Å². The topological polar surface area (TPSA) is 44.8 Å².